The first-order valence-corrected chi connectivity index (χ1v) is 5.76. The Labute approximate surface area is 76.9 Å². The number of hydrogen-bond donors (Lipinski definition) is 1. The molecule has 6 heteroatoms. The number of aliphatic hydroxyl groups is 1. The van der Waals surface area contributed by atoms with Crippen LogP contribution in [0.3, 0.4) is 0 Å². The molecule has 1 heterocycles. The normalized spacial score (nSPS) is 11.8. The third-order valence-electron chi connectivity index (χ3n) is 1.58. The van der Waals surface area contributed by atoms with E-state index in [2.05, 4.69) is 5.10 Å². The van der Waals surface area contributed by atoms with Crippen molar-refractivity contribution in [3.05, 3.63) is 12.4 Å². The Morgan fingerprint density at radius 1 is 1.62 bits per heavy atom. The molecule has 0 fully saturated rings. The van der Waals surface area contributed by atoms with Crippen molar-refractivity contribution in [3.8, 4) is 0 Å². The first-order valence-electron chi connectivity index (χ1n) is 3.87. The zero-order valence-corrected chi connectivity index (χ0v) is 8.16. The smallest absolute Gasteiger partial charge is 0.178 e. The van der Waals surface area contributed by atoms with Gasteiger partial charge in [-0.3, -0.25) is 4.68 Å². The molecule has 1 rings (SSSR count). The van der Waals surface area contributed by atoms with E-state index in [1.54, 1.807) is 0 Å². The van der Waals surface area contributed by atoms with Crippen LogP contribution >= 0.6 is 0 Å². The van der Waals surface area contributed by atoms with Crippen molar-refractivity contribution in [2.75, 3.05) is 12.9 Å². The van der Waals surface area contributed by atoms with Crippen LogP contribution in [0, 0.1) is 0 Å². The van der Waals surface area contributed by atoms with E-state index in [1.165, 1.54) is 17.1 Å². The summed E-state index contributed by atoms with van der Waals surface area (Å²) in [5, 5.41) is 12.4. The van der Waals surface area contributed by atoms with E-state index in [9.17, 15) is 8.42 Å². The highest BCUT2D eigenvalue weighted by Crippen LogP contribution is 2.06. The van der Waals surface area contributed by atoms with Gasteiger partial charge in [0.1, 0.15) is 4.90 Å². The Morgan fingerprint density at radius 2 is 2.31 bits per heavy atom. The molecule has 0 bridgehead atoms. The highest BCUT2D eigenvalue weighted by molar-refractivity contribution is 7.90. The number of rotatable bonds is 4. The predicted octanol–water partition coefficient (Wildman–Crippen LogP) is -0.331. The van der Waals surface area contributed by atoms with Crippen LogP contribution in [0.15, 0.2) is 17.3 Å². The van der Waals surface area contributed by atoms with Gasteiger partial charge in [0, 0.05) is 25.6 Å². The molecule has 0 unspecified atom stereocenters. The van der Waals surface area contributed by atoms with Gasteiger partial charge in [-0.15, -0.1) is 0 Å². The average Bonchev–Trinajstić information content (AvgIpc) is 2.47. The second-order valence-electron chi connectivity index (χ2n) is 2.79. The van der Waals surface area contributed by atoms with Gasteiger partial charge in [-0.05, 0) is 6.42 Å². The van der Waals surface area contributed by atoms with Crippen molar-refractivity contribution in [1.29, 1.82) is 0 Å². The number of aryl methyl sites for hydroxylation is 1. The highest BCUT2D eigenvalue weighted by Gasteiger charge is 2.09. The van der Waals surface area contributed by atoms with Crippen LogP contribution in [0.5, 0.6) is 0 Å². The van der Waals surface area contributed by atoms with Crippen molar-refractivity contribution in [2.24, 2.45) is 0 Å². The van der Waals surface area contributed by atoms with E-state index in [-0.39, 0.29) is 11.5 Å². The number of hydrogen-bond acceptors (Lipinski definition) is 4. The lowest BCUT2D eigenvalue weighted by atomic mass is 10.5. The molecule has 0 aliphatic rings. The van der Waals surface area contributed by atoms with Crippen LogP contribution in [-0.4, -0.2) is 36.2 Å². The Kier molecular flexibility index (Phi) is 3.05. The summed E-state index contributed by atoms with van der Waals surface area (Å²) in [4.78, 5) is 0.213. The molecule has 1 aromatic rings. The third-order valence-corrected chi connectivity index (χ3v) is 2.65. The third kappa shape index (κ3) is 2.82. The van der Waals surface area contributed by atoms with Gasteiger partial charge in [-0.2, -0.15) is 5.10 Å². The van der Waals surface area contributed by atoms with Crippen LogP contribution in [0.25, 0.3) is 0 Å². The molecule has 0 spiro atoms. The molecule has 0 saturated carbocycles. The molecule has 0 aliphatic heterocycles. The first kappa shape index (κ1) is 10.2. The molecule has 1 N–H and O–H groups in total. The molecular weight excluding hydrogens is 192 g/mol. The van der Waals surface area contributed by atoms with E-state index in [4.69, 9.17) is 5.11 Å². The van der Waals surface area contributed by atoms with E-state index >= 15 is 0 Å². The quantitative estimate of drug-likeness (QED) is 0.729. The SMILES string of the molecule is CS(=O)(=O)c1cnn(CCCO)c1. The molecule has 13 heavy (non-hydrogen) atoms. The fourth-order valence-corrected chi connectivity index (χ4v) is 1.44. The number of nitrogens with zero attached hydrogens (tertiary/aromatic N) is 2. The van der Waals surface area contributed by atoms with Crippen LogP contribution in [0.1, 0.15) is 6.42 Å². The maximum absolute atomic E-state index is 11.0. The molecule has 0 aliphatic carbocycles. The Balaban J connectivity index is 2.76. The Morgan fingerprint density at radius 3 is 2.77 bits per heavy atom. The molecule has 0 amide bonds. The Bertz CT molecular complexity index is 369. The van der Waals surface area contributed by atoms with Gasteiger partial charge in [-0.25, -0.2) is 8.42 Å². The minimum atomic E-state index is -3.15. The molecule has 5 nitrogen and oxygen atoms in total. The van der Waals surface area contributed by atoms with Crippen molar-refractivity contribution >= 4 is 9.84 Å². The van der Waals surface area contributed by atoms with Crippen LogP contribution < -0.4 is 0 Å². The first-order chi connectivity index (χ1) is 6.04. The summed E-state index contributed by atoms with van der Waals surface area (Å²) in [6, 6.07) is 0. The van der Waals surface area contributed by atoms with Crippen LogP contribution in [0.2, 0.25) is 0 Å². The number of aliphatic hydroxyl groups excluding tert-OH is 1. The summed E-state index contributed by atoms with van der Waals surface area (Å²) in [5.74, 6) is 0. The van der Waals surface area contributed by atoms with Gasteiger partial charge in [0.15, 0.2) is 9.84 Å². The van der Waals surface area contributed by atoms with Gasteiger partial charge in [-0.1, -0.05) is 0 Å². The molecule has 1 aromatic heterocycles. The van der Waals surface area contributed by atoms with E-state index in [0.29, 0.717) is 13.0 Å². The lowest BCUT2D eigenvalue weighted by Crippen LogP contribution is -2.00. The van der Waals surface area contributed by atoms with Gasteiger partial charge in [0.25, 0.3) is 0 Å². The van der Waals surface area contributed by atoms with Crippen molar-refractivity contribution in [3.63, 3.8) is 0 Å². The zero-order valence-electron chi connectivity index (χ0n) is 7.34. The van der Waals surface area contributed by atoms with Crippen molar-refractivity contribution in [1.82, 2.24) is 9.78 Å². The molecule has 74 valence electrons. The van der Waals surface area contributed by atoms with Crippen LogP contribution in [0.4, 0.5) is 0 Å². The monoisotopic (exact) mass is 204 g/mol. The number of sulfone groups is 1. The summed E-state index contributed by atoms with van der Waals surface area (Å²) in [6.45, 7) is 0.611. The van der Waals surface area contributed by atoms with E-state index < -0.39 is 9.84 Å². The predicted molar refractivity (Wildman–Crippen MR) is 47.0 cm³/mol. The van der Waals surface area contributed by atoms with E-state index in [1.807, 2.05) is 0 Å². The van der Waals surface area contributed by atoms with E-state index in [0.717, 1.165) is 6.26 Å². The maximum Gasteiger partial charge on any atom is 0.178 e. The summed E-state index contributed by atoms with van der Waals surface area (Å²) in [5.41, 5.74) is 0. The molecule has 0 atom stereocenters. The average molecular weight is 204 g/mol. The Hall–Kier alpha value is -0.880. The maximum atomic E-state index is 11.0. The number of aromatic nitrogens is 2. The summed E-state index contributed by atoms with van der Waals surface area (Å²) in [6.07, 6.45) is 4.49. The van der Waals surface area contributed by atoms with Gasteiger partial charge >= 0.3 is 0 Å². The standard InChI is InChI=1S/C7H12N2O3S/c1-13(11,12)7-5-8-9(6-7)3-2-4-10/h5-6,10H,2-4H2,1H3. The highest BCUT2D eigenvalue weighted by atomic mass is 32.2. The second-order valence-corrected chi connectivity index (χ2v) is 4.80. The van der Waals surface area contributed by atoms with Gasteiger partial charge in [0.2, 0.25) is 0 Å². The lowest BCUT2D eigenvalue weighted by molar-refractivity contribution is 0.277. The van der Waals surface area contributed by atoms with Gasteiger partial charge in [0.05, 0.1) is 6.20 Å². The van der Waals surface area contributed by atoms with Crippen molar-refractivity contribution < 1.29 is 13.5 Å². The fourth-order valence-electron chi connectivity index (χ4n) is 0.891. The topological polar surface area (TPSA) is 72.2 Å². The molecular formula is C7H12N2O3S. The minimum Gasteiger partial charge on any atom is -0.396 e. The van der Waals surface area contributed by atoms with Gasteiger partial charge < -0.3 is 5.11 Å². The summed E-state index contributed by atoms with van der Waals surface area (Å²) < 4.78 is 23.5. The lowest BCUT2D eigenvalue weighted by Gasteiger charge is -1.96. The fraction of sp³-hybridized carbons (Fsp3) is 0.571. The molecule has 0 aromatic carbocycles. The molecule has 0 radical (unpaired) electrons. The summed E-state index contributed by atoms with van der Waals surface area (Å²) in [7, 11) is -3.15. The minimum absolute atomic E-state index is 0.0774. The van der Waals surface area contributed by atoms with Crippen molar-refractivity contribution in [2.45, 2.75) is 17.9 Å². The largest absolute Gasteiger partial charge is 0.396 e. The summed E-state index contributed by atoms with van der Waals surface area (Å²) >= 11 is 0. The molecule has 0 saturated heterocycles. The van der Waals surface area contributed by atoms with Crippen LogP contribution in [-0.2, 0) is 16.4 Å². The second kappa shape index (κ2) is 3.89. The zero-order chi connectivity index (χ0) is 9.90.